The molecule has 2 aromatic rings. The average molecular weight is 499 g/mol. The van der Waals surface area contributed by atoms with Gasteiger partial charge in [0.1, 0.15) is 0 Å². The molecule has 0 spiro atoms. The van der Waals surface area contributed by atoms with Gasteiger partial charge in [0.15, 0.2) is 23.0 Å². The molecule has 4 rings (SSSR count). The maximum atomic E-state index is 13.5. The van der Waals surface area contributed by atoms with Crippen LogP contribution in [0.1, 0.15) is 42.1 Å². The van der Waals surface area contributed by atoms with E-state index >= 15 is 0 Å². The van der Waals surface area contributed by atoms with E-state index in [2.05, 4.69) is 19.2 Å². The van der Waals surface area contributed by atoms with Crippen LogP contribution < -0.4 is 29.0 Å². The van der Waals surface area contributed by atoms with Crippen LogP contribution in [0.25, 0.3) is 0 Å². The van der Waals surface area contributed by atoms with Crippen LogP contribution in [-0.4, -0.2) is 64.5 Å². The van der Waals surface area contributed by atoms with E-state index in [0.717, 1.165) is 12.0 Å². The second-order valence-electron chi connectivity index (χ2n) is 9.42. The molecule has 1 saturated heterocycles. The summed E-state index contributed by atoms with van der Waals surface area (Å²) < 4.78 is 27.4. The SMILES string of the molecule is COc1cc([C@H]2CN(C(=O)c3ccc4c(c3)OCO4)C[C@H]2C(=O)NCCC(C)C)cc(OC)c1OC. The van der Waals surface area contributed by atoms with Gasteiger partial charge in [0.05, 0.1) is 27.2 Å². The summed E-state index contributed by atoms with van der Waals surface area (Å²) in [6, 6.07) is 8.86. The monoisotopic (exact) mass is 498 g/mol. The van der Waals surface area contributed by atoms with Crippen molar-refractivity contribution in [3.05, 3.63) is 41.5 Å². The third kappa shape index (κ3) is 5.15. The van der Waals surface area contributed by atoms with Crippen molar-refractivity contribution < 1.29 is 33.3 Å². The van der Waals surface area contributed by atoms with Gasteiger partial charge < -0.3 is 33.9 Å². The Balaban J connectivity index is 1.64. The van der Waals surface area contributed by atoms with Crippen molar-refractivity contribution in [3.8, 4) is 28.7 Å². The first-order valence-electron chi connectivity index (χ1n) is 12.1. The Morgan fingerprint density at radius 3 is 2.33 bits per heavy atom. The molecule has 0 unspecified atom stereocenters. The molecule has 9 nitrogen and oxygen atoms in total. The molecule has 0 aliphatic carbocycles. The van der Waals surface area contributed by atoms with Crippen LogP contribution in [-0.2, 0) is 4.79 Å². The van der Waals surface area contributed by atoms with Crippen molar-refractivity contribution in [2.75, 3.05) is 47.8 Å². The van der Waals surface area contributed by atoms with E-state index in [0.29, 0.717) is 59.9 Å². The first-order chi connectivity index (χ1) is 17.4. The van der Waals surface area contributed by atoms with Crippen molar-refractivity contribution in [2.45, 2.75) is 26.2 Å². The van der Waals surface area contributed by atoms with Gasteiger partial charge >= 0.3 is 0 Å². The van der Waals surface area contributed by atoms with Gasteiger partial charge in [0.2, 0.25) is 18.4 Å². The van der Waals surface area contributed by atoms with Gasteiger partial charge in [0, 0.05) is 31.1 Å². The first kappa shape index (κ1) is 25.5. The number of benzene rings is 2. The zero-order valence-corrected chi connectivity index (χ0v) is 21.5. The van der Waals surface area contributed by atoms with Crippen molar-refractivity contribution >= 4 is 11.8 Å². The summed E-state index contributed by atoms with van der Waals surface area (Å²) in [7, 11) is 4.66. The Bertz CT molecular complexity index is 1090. The standard InChI is InChI=1S/C27H34N2O7/c1-16(2)8-9-28-26(30)20-14-29(27(31)17-6-7-21-22(10-17)36-15-35-21)13-19(20)18-11-23(32-3)25(34-5)24(12-18)33-4/h6-7,10-12,16,19-20H,8-9,13-15H2,1-5H3,(H,28,30)/t19-,20-/m1/s1. The number of rotatable bonds is 9. The van der Waals surface area contributed by atoms with Crippen LogP contribution in [0.15, 0.2) is 30.3 Å². The zero-order valence-electron chi connectivity index (χ0n) is 21.5. The zero-order chi connectivity index (χ0) is 25.8. The summed E-state index contributed by atoms with van der Waals surface area (Å²) in [4.78, 5) is 28.5. The molecule has 194 valence electrons. The van der Waals surface area contributed by atoms with Crippen LogP contribution >= 0.6 is 0 Å². The highest BCUT2D eigenvalue weighted by Gasteiger charge is 2.41. The lowest BCUT2D eigenvalue weighted by Crippen LogP contribution is -2.36. The molecule has 36 heavy (non-hydrogen) atoms. The van der Waals surface area contributed by atoms with Crippen LogP contribution in [0.2, 0.25) is 0 Å². The smallest absolute Gasteiger partial charge is 0.254 e. The van der Waals surface area contributed by atoms with Gasteiger partial charge in [-0.1, -0.05) is 13.8 Å². The third-order valence-corrected chi connectivity index (χ3v) is 6.70. The van der Waals surface area contributed by atoms with Crippen molar-refractivity contribution in [1.82, 2.24) is 10.2 Å². The molecule has 0 radical (unpaired) electrons. The molecule has 2 amide bonds. The van der Waals surface area contributed by atoms with E-state index in [-0.39, 0.29) is 24.5 Å². The molecule has 2 heterocycles. The number of amides is 2. The highest BCUT2D eigenvalue weighted by atomic mass is 16.7. The van der Waals surface area contributed by atoms with Crippen molar-refractivity contribution in [3.63, 3.8) is 0 Å². The lowest BCUT2D eigenvalue weighted by molar-refractivity contribution is -0.124. The predicted octanol–water partition coefficient (Wildman–Crippen LogP) is 3.46. The quantitative estimate of drug-likeness (QED) is 0.566. The second kappa shape index (κ2) is 11.0. The Labute approximate surface area is 211 Å². The minimum Gasteiger partial charge on any atom is -0.493 e. The maximum absolute atomic E-state index is 13.5. The summed E-state index contributed by atoms with van der Waals surface area (Å²) in [6.45, 7) is 5.62. The Morgan fingerprint density at radius 1 is 1.00 bits per heavy atom. The Morgan fingerprint density at radius 2 is 1.69 bits per heavy atom. The molecule has 0 bridgehead atoms. The normalized spacial score (nSPS) is 18.3. The number of nitrogens with zero attached hydrogens (tertiary/aromatic N) is 1. The number of methoxy groups -OCH3 is 3. The highest BCUT2D eigenvalue weighted by Crippen LogP contribution is 2.43. The van der Waals surface area contributed by atoms with Crippen LogP contribution in [0.4, 0.5) is 0 Å². The minimum absolute atomic E-state index is 0.0737. The fourth-order valence-electron chi connectivity index (χ4n) is 4.72. The molecule has 2 aliphatic rings. The summed E-state index contributed by atoms with van der Waals surface area (Å²) in [5, 5.41) is 3.07. The maximum Gasteiger partial charge on any atom is 0.254 e. The number of carbonyl (C=O) groups excluding carboxylic acids is 2. The van der Waals surface area contributed by atoms with Gasteiger partial charge in [-0.2, -0.15) is 0 Å². The molecule has 2 atom stereocenters. The van der Waals surface area contributed by atoms with E-state index in [1.807, 2.05) is 12.1 Å². The summed E-state index contributed by atoms with van der Waals surface area (Å²) in [6.07, 6.45) is 0.882. The average Bonchev–Trinajstić information content (AvgIpc) is 3.54. The summed E-state index contributed by atoms with van der Waals surface area (Å²) in [5.74, 6) is 2.21. The van der Waals surface area contributed by atoms with Gasteiger partial charge in [0.25, 0.3) is 5.91 Å². The van der Waals surface area contributed by atoms with Crippen molar-refractivity contribution in [2.24, 2.45) is 11.8 Å². The number of likely N-dealkylation sites (tertiary alicyclic amines) is 1. The first-order valence-corrected chi connectivity index (χ1v) is 12.1. The molecule has 0 aromatic heterocycles. The van der Waals surface area contributed by atoms with Crippen LogP contribution in [0, 0.1) is 11.8 Å². The van der Waals surface area contributed by atoms with Crippen LogP contribution in [0.3, 0.4) is 0 Å². The predicted molar refractivity (Wildman–Crippen MR) is 133 cm³/mol. The molecule has 2 aromatic carbocycles. The lowest BCUT2D eigenvalue weighted by atomic mass is 9.87. The van der Waals surface area contributed by atoms with E-state index < -0.39 is 5.92 Å². The van der Waals surface area contributed by atoms with Crippen molar-refractivity contribution in [1.29, 1.82) is 0 Å². The largest absolute Gasteiger partial charge is 0.493 e. The fraction of sp³-hybridized carbons (Fsp3) is 0.481. The molecular weight excluding hydrogens is 464 g/mol. The van der Waals surface area contributed by atoms with E-state index in [1.165, 1.54) is 0 Å². The van der Waals surface area contributed by atoms with E-state index in [1.54, 1.807) is 44.4 Å². The molecule has 1 fully saturated rings. The fourth-order valence-corrected chi connectivity index (χ4v) is 4.72. The number of carbonyl (C=O) groups is 2. The van der Waals surface area contributed by atoms with Gasteiger partial charge in [-0.25, -0.2) is 0 Å². The van der Waals surface area contributed by atoms with Crippen LogP contribution in [0.5, 0.6) is 28.7 Å². The highest BCUT2D eigenvalue weighted by molar-refractivity contribution is 5.96. The molecule has 0 saturated carbocycles. The number of ether oxygens (including phenoxy) is 5. The van der Waals surface area contributed by atoms with Gasteiger partial charge in [-0.15, -0.1) is 0 Å². The molecular formula is C27H34N2O7. The van der Waals surface area contributed by atoms with E-state index in [4.69, 9.17) is 23.7 Å². The number of hydrogen-bond acceptors (Lipinski definition) is 7. The lowest BCUT2D eigenvalue weighted by Gasteiger charge is -2.21. The topological polar surface area (TPSA) is 95.6 Å². The third-order valence-electron chi connectivity index (χ3n) is 6.70. The van der Waals surface area contributed by atoms with Gasteiger partial charge in [-0.05, 0) is 48.2 Å². The number of fused-ring (bicyclic) bond motifs is 1. The second-order valence-corrected chi connectivity index (χ2v) is 9.42. The Hall–Kier alpha value is -3.62. The number of hydrogen-bond donors (Lipinski definition) is 1. The molecule has 1 N–H and O–H groups in total. The van der Waals surface area contributed by atoms with Gasteiger partial charge in [-0.3, -0.25) is 9.59 Å². The minimum atomic E-state index is -0.432. The summed E-state index contributed by atoms with van der Waals surface area (Å²) in [5.41, 5.74) is 1.33. The molecule has 9 heteroatoms. The van der Waals surface area contributed by atoms with E-state index in [9.17, 15) is 9.59 Å². The molecule has 2 aliphatic heterocycles. The summed E-state index contributed by atoms with van der Waals surface area (Å²) >= 11 is 0. The number of nitrogens with one attached hydrogen (secondary N) is 1. The Kier molecular flexibility index (Phi) is 7.76.